The molecular formula is C17H22N4OS. The average molecular weight is 330 g/mol. The monoisotopic (exact) mass is 330 g/mol. The number of hydrogen-bond donors (Lipinski definition) is 1. The van der Waals surface area contributed by atoms with Crippen LogP contribution in [0.25, 0.3) is 0 Å². The minimum absolute atomic E-state index is 0.209. The van der Waals surface area contributed by atoms with Crippen molar-refractivity contribution in [2.75, 3.05) is 31.6 Å². The summed E-state index contributed by atoms with van der Waals surface area (Å²) in [6.45, 7) is 4.53. The van der Waals surface area contributed by atoms with Crippen molar-refractivity contribution in [2.45, 2.75) is 31.4 Å². The third kappa shape index (κ3) is 4.07. The molecule has 1 aliphatic carbocycles. The van der Waals surface area contributed by atoms with E-state index in [4.69, 9.17) is 4.74 Å². The third-order valence-electron chi connectivity index (χ3n) is 4.32. The van der Waals surface area contributed by atoms with Gasteiger partial charge in [-0.2, -0.15) is 0 Å². The molecule has 2 heterocycles. The van der Waals surface area contributed by atoms with E-state index in [-0.39, 0.29) is 6.10 Å². The number of nitrogens with one attached hydrogen (secondary N) is 1. The number of rotatable bonds is 6. The number of benzene rings is 1. The molecule has 0 spiro atoms. The average Bonchev–Trinajstić information content (AvgIpc) is 3.33. The van der Waals surface area contributed by atoms with Crippen LogP contribution >= 0.6 is 11.3 Å². The first-order valence-electron chi connectivity index (χ1n) is 8.32. The van der Waals surface area contributed by atoms with Gasteiger partial charge in [-0.3, -0.25) is 4.90 Å². The lowest BCUT2D eigenvalue weighted by molar-refractivity contribution is -0.0240. The zero-order valence-electron chi connectivity index (χ0n) is 13.1. The maximum atomic E-state index is 5.89. The van der Waals surface area contributed by atoms with Gasteiger partial charge >= 0.3 is 0 Å². The molecule has 1 aromatic carbocycles. The molecule has 5 nitrogen and oxygen atoms in total. The molecule has 0 amide bonds. The normalized spacial score (nSPS) is 22.2. The fourth-order valence-electron chi connectivity index (χ4n) is 2.89. The molecule has 6 heteroatoms. The van der Waals surface area contributed by atoms with Crippen molar-refractivity contribution >= 4 is 16.5 Å². The van der Waals surface area contributed by atoms with Gasteiger partial charge in [0.1, 0.15) is 5.01 Å². The van der Waals surface area contributed by atoms with Crippen LogP contribution in [0.1, 0.15) is 29.3 Å². The summed E-state index contributed by atoms with van der Waals surface area (Å²) in [5.74, 6) is 0.676. The Morgan fingerprint density at radius 3 is 2.91 bits per heavy atom. The van der Waals surface area contributed by atoms with Gasteiger partial charge in [0, 0.05) is 32.1 Å². The Kier molecular flexibility index (Phi) is 4.55. The van der Waals surface area contributed by atoms with Crippen LogP contribution in [0, 0.1) is 0 Å². The summed E-state index contributed by atoms with van der Waals surface area (Å²) in [5, 5.41) is 14.0. The van der Waals surface area contributed by atoms with Crippen molar-refractivity contribution in [1.29, 1.82) is 0 Å². The predicted octanol–water partition coefficient (Wildman–Crippen LogP) is 2.73. The minimum Gasteiger partial charge on any atom is -0.374 e. The summed E-state index contributed by atoms with van der Waals surface area (Å²) in [4.78, 5) is 2.46. The number of ether oxygens (including phenoxy) is 1. The predicted molar refractivity (Wildman–Crippen MR) is 91.8 cm³/mol. The van der Waals surface area contributed by atoms with E-state index in [1.807, 2.05) is 0 Å². The highest BCUT2D eigenvalue weighted by molar-refractivity contribution is 7.15. The van der Waals surface area contributed by atoms with Crippen LogP contribution in [-0.2, 0) is 11.3 Å². The van der Waals surface area contributed by atoms with Crippen LogP contribution < -0.4 is 5.32 Å². The zero-order valence-corrected chi connectivity index (χ0v) is 14.0. The van der Waals surface area contributed by atoms with E-state index < -0.39 is 0 Å². The van der Waals surface area contributed by atoms with Crippen LogP contribution in [0.2, 0.25) is 0 Å². The molecule has 2 aliphatic rings. The summed E-state index contributed by atoms with van der Waals surface area (Å²) in [7, 11) is 0. The molecule has 1 N–H and O–H groups in total. The van der Waals surface area contributed by atoms with Gasteiger partial charge in [-0.1, -0.05) is 41.7 Å². The Morgan fingerprint density at radius 1 is 1.22 bits per heavy atom. The number of morpholine rings is 1. The van der Waals surface area contributed by atoms with E-state index in [2.05, 4.69) is 50.7 Å². The molecule has 4 rings (SSSR count). The first kappa shape index (κ1) is 15.1. The molecule has 2 aromatic rings. The molecule has 1 saturated carbocycles. The fraction of sp³-hybridized carbons (Fsp3) is 0.529. The van der Waals surface area contributed by atoms with Crippen molar-refractivity contribution < 1.29 is 4.74 Å². The lowest BCUT2D eigenvalue weighted by atomic mass is 10.2. The maximum absolute atomic E-state index is 5.89. The van der Waals surface area contributed by atoms with Gasteiger partial charge in [-0.05, 0) is 18.4 Å². The lowest BCUT2D eigenvalue weighted by Gasteiger charge is -2.33. The molecule has 1 atom stereocenters. The molecular weight excluding hydrogens is 308 g/mol. The second-order valence-electron chi connectivity index (χ2n) is 6.31. The van der Waals surface area contributed by atoms with Gasteiger partial charge < -0.3 is 10.1 Å². The first-order valence-corrected chi connectivity index (χ1v) is 9.13. The molecule has 122 valence electrons. The number of hydrogen-bond acceptors (Lipinski definition) is 6. The summed E-state index contributed by atoms with van der Waals surface area (Å²) < 4.78 is 5.89. The SMILES string of the molecule is c1ccc(CN2CCOC(CNc3nnc(C4CC4)s3)C2)cc1. The van der Waals surface area contributed by atoms with Crippen LogP contribution in [0.3, 0.4) is 0 Å². The van der Waals surface area contributed by atoms with Crippen molar-refractivity contribution in [2.24, 2.45) is 0 Å². The van der Waals surface area contributed by atoms with Crippen molar-refractivity contribution in [3.8, 4) is 0 Å². The highest BCUT2D eigenvalue weighted by Gasteiger charge is 2.27. The van der Waals surface area contributed by atoms with Gasteiger partial charge in [-0.25, -0.2) is 0 Å². The van der Waals surface area contributed by atoms with Gasteiger partial charge in [0.25, 0.3) is 0 Å². The van der Waals surface area contributed by atoms with E-state index in [1.165, 1.54) is 23.4 Å². The van der Waals surface area contributed by atoms with Crippen molar-refractivity contribution in [3.63, 3.8) is 0 Å². The Morgan fingerprint density at radius 2 is 2.09 bits per heavy atom. The maximum Gasteiger partial charge on any atom is 0.205 e. The Balaban J connectivity index is 1.27. The standard InChI is InChI=1S/C17H22N4OS/c1-2-4-13(5-3-1)11-21-8-9-22-15(12-21)10-18-17-20-19-16(23-17)14-6-7-14/h1-5,14-15H,6-12H2,(H,18,20). The van der Waals surface area contributed by atoms with Crippen LogP contribution in [-0.4, -0.2) is 47.4 Å². The minimum atomic E-state index is 0.209. The number of nitrogens with zero attached hydrogens (tertiary/aromatic N) is 3. The topological polar surface area (TPSA) is 50.3 Å². The zero-order chi connectivity index (χ0) is 15.5. The van der Waals surface area contributed by atoms with Gasteiger partial charge in [-0.15, -0.1) is 10.2 Å². The van der Waals surface area contributed by atoms with E-state index in [9.17, 15) is 0 Å². The van der Waals surface area contributed by atoms with E-state index in [0.29, 0.717) is 5.92 Å². The fourth-order valence-corrected chi connectivity index (χ4v) is 3.81. The molecule has 23 heavy (non-hydrogen) atoms. The Bertz CT molecular complexity index is 629. The molecule has 1 unspecified atom stereocenters. The molecule has 0 bridgehead atoms. The smallest absolute Gasteiger partial charge is 0.205 e. The van der Waals surface area contributed by atoms with E-state index in [1.54, 1.807) is 11.3 Å². The van der Waals surface area contributed by atoms with Crippen molar-refractivity contribution in [1.82, 2.24) is 15.1 Å². The lowest BCUT2D eigenvalue weighted by Crippen LogP contribution is -2.44. The number of anilines is 1. The highest BCUT2D eigenvalue weighted by atomic mass is 32.1. The summed E-state index contributed by atoms with van der Waals surface area (Å²) >= 11 is 1.69. The van der Waals surface area contributed by atoms with Gasteiger partial charge in [0.05, 0.1) is 12.7 Å². The third-order valence-corrected chi connectivity index (χ3v) is 5.36. The largest absolute Gasteiger partial charge is 0.374 e. The number of aromatic nitrogens is 2. The molecule has 2 fully saturated rings. The van der Waals surface area contributed by atoms with Crippen LogP contribution in [0.15, 0.2) is 30.3 Å². The Labute approximate surface area is 140 Å². The second-order valence-corrected chi connectivity index (χ2v) is 7.32. The summed E-state index contributed by atoms with van der Waals surface area (Å²) in [5.41, 5.74) is 1.36. The molecule has 0 radical (unpaired) electrons. The van der Waals surface area contributed by atoms with E-state index in [0.717, 1.165) is 37.9 Å². The highest BCUT2D eigenvalue weighted by Crippen LogP contribution is 2.42. The van der Waals surface area contributed by atoms with Crippen LogP contribution in [0.4, 0.5) is 5.13 Å². The second kappa shape index (κ2) is 6.95. The first-order chi connectivity index (χ1) is 11.4. The molecule has 1 aromatic heterocycles. The summed E-state index contributed by atoms with van der Waals surface area (Å²) in [6, 6.07) is 10.6. The summed E-state index contributed by atoms with van der Waals surface area (Å²) in [6.07, 6.45) is 2.75. The van der Waals surface area contributed by atoms with Gasteiger partial charge in [0.15, 0.2) is 0 Å². The molecule has 1 saturated heterocycles. The van der Waals surface area contributed by atoms with E-state index >= 15 is 0 Å². The van der Waals surface area contributed by atoms with Crippen LogP contribution in [0.5, 0.6) is 0 Å². The van der Waals surface area contributed by atoms with Gasteiger partial charge in [0.2, 0.25) is 5.13 Å². The van der Waals surface area contributed by atoms with Crippen molar-refractivity contribution in [3.05, 3.63) is 40.9 Å². The quantitative estimate of drug-likeness (QED) is 0.882. The Hall–Kier alpha value is -1.50. The molecule has 1 aliphatic heterocycles.